The average Bonchev–Trinajstić information content (AvgIpc) is 2.79. The summed E-state index contributed by atoms with van der Waals surface area (Å²) in [6.07, 6.45) is 3.10. The Kier molecular flexibility index (Phi) is 7.11. The SMILES string of the molecule is CN1C(=O)N(Cc2ccccc2)C(=O)CC1CN1CCC(Cc2cc(F)ccc2Cl)CC1. The van der Waals surface area contributed by atoms with Gasteiger partial charge in [-0.2, -0.15) is 0 Å². The van der Waals surface area contributed by atoms with Crippen LogP contribution in [-0.2, 0) is 17.8 Å². The number of carbonyl (C=O) groups is 2. The predicted octanol–water partition coefficient (Wildman–Crippen LogP) is 4.59. The molecule has 2 fully saturated rings. The van der Waals surface area contributed by atoms with Crippen molar-refractivity contribution in [1.82, 2.24) is 14.7 Å². The summed E-state index contributed by atoms with van der Waals surface area (Å²) in [6.45, 7) is 2.81. The second-order valence-corrected chi connectivity index (χ2v) is 9.31. The second kappa shape index (κ2) is 10.0. The minimum atomic E-state index is -0.252. The highest BCUT2D eigenvalue weighted by atomic mass is 35.5. The summed E-state index contributed by atoms with van der Waals surface area (Å²) in [7, 11) is 1.79. The Morgan fingerprint density at radius 3 is 2.50 bits per heavy atom. The zero-order valence-electron chi connectivity index (χ0n) is 18.3. The maximum absolute atomic E-state index is 13.5. The van der Waals surface area contributed by atoms with Gasteiger partial charge < -0.3 is 9.80 Å². The lowest BCUT2D eigenvalue weighted by Gasteiger charge is -2.41. The molecule has 5 nitrogen and oxygen atoms in total. The Morgan fingerprint density at radius 2 is 1.78 bits per heavy atom. The molecule has 170 valence electrons. The van der Waals surface area contributed by atoms with Gasteiger partial charge in [-0.15, -0.1) is 0 Å². The fourth-order valence-electron chi connectivity index (χ4n) is 4.69. The molecular formula is C25H29ClFN3O2. The van der Waals surface area contributed by atoms with Gasteiger partial charge in [0.05, 0.1) is 12.6 Å². The number of piperidine rings is 1. The van der Waals surface area contributed by atoms with Crippen molar-refractivity contribution in [3.63, 3.8) is 0 Å². The third-order valence-corrected chi connectivity index (χ3v) is 7.04. The van der Waals surface area contributed by atoms with Crippen LogP contribution in [0, 0.1) is 11.7 Å². The molecule has 2 aliphatic heterocycles. The van der Waals surface area contributed by atoms with Gasteiger partial charge in [0.25, 0.3) is 0 Å². The van der Waals surface area contributed by atoms with E-state index < -0.39 is 0 Å². The van der Waals surface area contributed by atoms with Crippen LogP contribution in [0.25, 0.3) is 0 Å². The van der Waals surface area contributed by atoms with Gasteiger partial charge in [-0.25, -0.2) is 9.18 Å². The van der Waals surface area contributed by atoms with Gasteiger partial charge in [-0.05, 0) is 67.6 Å². The van der Waals surface area contributed by atoms with E-state index >= 15 is 0 Å². The zero-order valence-corrected chi connectivity index (χ0v) is 19.1. The summed E-state index contributed by atoms with van der Waals surface area (Å²) in [5.74, 6) is 0.0923. The number of likely N-dealkylation sites (N-methyl/N-ethyl adjacent to an activating group) is 1. The summed E-state index contributed by atoms with van der Waals surface area (Å²) in [4.78, 5) is 31.0. The smallest absolute Gasteiger partial charge is 0.323 e. The first kappa shape index (κ1) is 22.7. The Hall–Kier alpha value is -2.44. The van der Waals surface area contributed by atoms with Crippen LogP contribution in [0.4, 0.5) is 9.18 Å². The topological polar surface area (TPSA) is 43.9 Å². The van der Waals surface area contributed by atoms with Crippen molar-refractivity contribution < 1.29 is 14.0 Å². The predicted molar refractivity (Wildman–Crippen MR) is 123 cm³/mol. The highest BCUT2D eigenvalue weighted by Crippen LogP contribution is 2.27. The first-order chi connectivity index (χ1) is 15.4. The molecule has 2 aromatic rings. The number of likely N-dealkylation sites (tertiary alicyclic amines) is 1. The van der Waals surface area contributed by atoms with Gasteiger partial charge in [0.1, 0.15) is 5.82 Å². The minimum absolute atomic E-state index is 0.113. The van der Waals surface area contributed by atoms with E-state index in [1.807, 2.05) is 30.3 Å². The number of urea groups is 1. The molecule has 0 spiro atoms. The highest BCUT2D eigenvalue weighted by Gasteiger charge is 2.37. The van der Waals surface area contributed by atoms with Gasteiger partial charge in [-0.1, -0.05) is 41.9 Å². The molecule has 0 bridgehead atoms. The Bertz CT molecular complexity index is 963. The van der Waals surface area contributed by atoms with Crippen LogP contribution in [0.1, 0.15) is 30.4 Å². The van der Waals surface area contributed by atoms with E-state index in [1.165, 1.54) is 17.0 Å². The maximum atomic E-state index is 13.5. The summed E-state index contributed by atoms with van der Waals surface area (Å²) in [5, 5.41) is 0.620. The third-order valence-electron chi connectivity index (χ3n) is 6.67. The number of nitrogens with zero attached hydrogens (tertiary/aromatic N) is 3. The molecule has 0 N–H and O–H groups in total. The summed E-state index contributed by atoms with van der Waals surface area (Å²) in [6, 6.07) is 13.8. The monoisotopic (exact) mass is 457 g/mol. The van der Waals surface area contributed by atoms with Crippen LogP contribution in [0.15, 0.2) is 48.5 Å². The molecular weight excluding hydrogens is 429 g/mol. The average molecular weight is 458 g/mol. The van der Waals surface area contributed by atoms with Gasteiger partial charge in [-0.3, -0.25) is 9.69 Å². The van der Waals surface area contributed by atoms with E-state index in [1.54, 1.807) is 18.0 Å². The molecule has 0 saturated carbocycles. The molecule has 4 rings (SSSR count). The van der Waals surface area contributed by atoms with Crippen molar-refractivity contribution >= 4 is 23.5 Å². The van der Waals surface area contributed by atoms with E-state index in [0.29, 0.717) is 30.5 Å². The Labute approximate surface area is 193 Å². The number of hydrogen-bond donors (Lipinski definition) is 0. The van der Waals surface area contributed by atoms with E-state index in [-0.39, 0.29) is 23.8 Å². The normalized spacial score (nSPS) is 20.8. The van der Waals surface area contributed by atoms with Gasteiger partial charge in [0.15, 0.2) is 0 Å². The summed E-state index contributed by atoms with van der Waals surface area (Å²) >= 11 is 6.23. The molecule has 2 heterocycles. The van der Waals surface area contributed by atoms with Crippen molar-refractivity contribution in [2.45, 2.75) is 38.3 Å². The second-order valence-electron chi connectivity index (χ2n) is 8.90. The first-order valence-electron chi connectivity index (χ1n) is 11.2. The van der Waals surface area contributed by atoms with Crippen LogP contribution < -0.4 is 0 Å². The number of benzene rings is 2. The molecule has 3 amide bonds. The summed E-state index contributed by atoms with van der Waals surface area (Å²) < 4.78 is 13.5. The lowest BCUT2D eigenvalue weighted by atomic mass is 9.89. The summed E-state index contributed by atoms with van der Waals surface area (Å²) in [5.41, 5.74) is 1.81. The quantitative estimate of drug-likeness (QED) is 0.637. The fourth-order valence-corrected chi connectivity index (χ4v) is 4.89. The number of amides is 3. The van der Waals surface area contributed by atoms with E-state index in [0.717, 1.165) is 43.5 Å². The standard InChI is InChI=1S/C25H29ClFN3O2/c1-28-22(15-24(31)30(25(28)32)16-19-5-3-2-4-6-19)17-29-11-9-18(10-12-29)13-20-14-21(27)7-8-23(20)26/h2-8,14,18,22H,9-13,15-17H2,1H3. The third kappa shape index (κ3) is 5.30. The Balaban J connectivity index is 1.29. The van der Waals surface area contributed by atoms with Crippen LogP contribution in [-0.4, -0.2) is 59.4 Å². The molecule has 2 saturated heterocycles. The molecule has 2 aliphatic rings. The van der Waals surface area contributed by atoms with E-state index in [9.17, 15) is 14.0 Å². The zero-order chi connectivity index (χ0) is 22.7. The largest absolute Gasteiger partial charge is 0.327 e. The first-order valence-corrected chi connectivity index (χ1v) is 11.6. The molecule has 0 aliphatic carbocycles. The highest BCUT2D eigenvalue weighted by molar-refractivity contribution is 6.31. The van der Waals surface area contributed by atoms with Crippen LogP contribution >= 0.6 is 11.6 Å². The van der Waals surface area contributed by atoms with Crippen LogP contribution in [0.5, 0.6) is 0 Å². The molecule has 32 heavy (non-hydrogen) atoms. The van der Waals surface area contributed by atoms with Crippen molar-refractivity contribution in [3.8, 4) is 0 Å². The van der Waals surface area contributed by atoms with Crippen molar-refractivity contribution in [2.75, 3.05) is 26.7 Å². The number of carbonyl (C=O) groups excluding carboxylic acids is 2. The van der Waals surface area contributed by atoms with E-state index in [4.69, 9.17) is 11.6 Å². The fraction of sp³-hybridized carbons (Fsp3) is 0.440. The Morgan fingerprint density at radius 1 is 1.06 bits per heavy atom. The minimum Gasteiger partial charge on any atom is -0.323 e. The lowest BCUT2D eigenvalue weighted by molar-refractivity contribution is -0.133. The van der Waals surface area contributed by atoms with Gasteiger partial charge in [0.2, 0.25) is 5.91 Å². The maximum Gasteiger partial charge on any atom is 0.327 e. The number of hydrogen-bond acceptors (Lipinski definition) is 3. The molecule has 0 radical (unpaired) electrons. The number of imide groups is 1. The van der Waals surface area contributed by atoms with Crippen molar-refractivity contribution in [2.24, 2.45) is 5.92 Å². The molecule has 7 heteroatoms. The van der Waals surface area contributed by atoms with Crippen molar-refractivity contribution in [1.29, 1.82) is 0 Å². The van der Waals surface area contributed by atoms with Crippen LogP contribution in [0.2, 0.25) is 5.02 Å². The molecule has 0 aromatic heterocycles. The van der Waals surface area contributed by atoms with Gasteiger partial charge >= 0.3 is 6.03 Å². The molecule has 1 atom stereocenters. The lowest BCUT2D eigenvalue weighted by Crippen LogP contribution is -2.58. The molecule has 1 unspecified atom stereocenters. The van der Waals surface area contributed by atoms with Crippen LogP contribution in [0.3, 0.4) is 0 Å². The molecule has 2 aromatic carbocycles. The number of rotatable bonds is 6. The number of halogens is 2. The van der Waals surface area contributed by atoms with Gasteiger partial charge in [0, 0.05) is 25.0 Å². The van der Waals surface area contributed by atoms with Crippen molar-refractivity contribution in [3.05, 3.63) is 70.5 Å². The van der Waals surface area contributed by atoms with E-state index in [2.05, 4.69) is 4.90 Å².